The van der Waals surface area contributed by atoms with E-state index in [2.05, 4.69) is 4.98 Å². The Morgan fingerprint density at radius 2 is 2.06 bits per heavy atom. The summed E-state index contributed by atoms with van der Waals surface area (Å²) in [6.45, 7) is 0. The van der Waals surface area contributed by atoms with Crippen molar-refractivity contribution in [2.24, 2.45) is 0 Å². The monoisotopic (exact) mass is 270 g/mol. The standard InChI is InChI=1S/C11H8ClFN2O3/c1-18-8-4-6(2-3-7(8)13)15-10(16)5-9(12)14-11(15)17/h2-5H,1H3,(H,14,17). The lowest BCUT2D eigenvalue weighted by Gasteiger charge is -2.07. The van der Waals surface area contributed by atoms with Gasteiger partial charge in [-0.3, -0.25) is 9.78 Å². The van der Waals surface area contributed by atoms with E-state index in [-0.39, 0.29) is 16.6 Å². The highest BCUT2D eigenvalue weighted by atomic mass is 35.5. The van der Waals surface area contributed by atoms with Gasteiger partial charge in [0.2, 0.25) is 0 Å². The number of aromatic amines is 1. The number of rotatable bonds is 2. The van der Waals surface area contributed by atoms with Crippen LogP contribution in [0.25, 0.3) is 5.69 Å². The van der Waals surface area contributed by atoms with E-state index in [0.717, 1.165) is 16.7 Å². The summed E-state index contributed by atoms with van der Waals surface area (Å²) in [5.74, 6) is -0.645. The zero-order chi connectivity index (χ0) is 13.3. The van der Waals surface area contributed by atoms with Crippen molar-refractivity contribution in [2.75, 3.05) is 7.11 Å². The highest BCUT2D eigenvalue weighted by Crippen LogP contribution is 2.19. The van der Waals surface area contributed by atoms with E-state index in [4.69, 9.17) is 16.3 Å². The molecule has 1 aromatic carbocycles. The highest BCUT2D eigenvalue weighted by Gasteiger charge is 2.09. The Balaban J connectivity index is 2.70. The molecule has 5 nitrogen and oxygen atoms in total. The van der Waals surface area contributed by atoms with Crippen LogP contribution in [0.15, 0.2) is 33.9 Å². The number of nitrogens with one attached hydrogen (secondary N) is 1. The number of halogens is 2. The van der Waals surface area contributed by atoms with Crippen LogP contribution in [0, 0.1) is 5.82 Å². The fourth-order valence-electron chi connectivity index (χ4n) is 1.50. The Labute approximate surface area is 105 Å². The summed E-state index contributed by atoms with van der Waals surface area (Å²) in [6.07, 6.45) is 0. The lowest BCUT2D eigenvalue weighted by molar-refractivity contribution is 0.386. The molecule has 0 amide bonds. The number of nitrogens with zero attached hydrogens (tertiary/aromatic N) is 1. The van der Waals surface area contributed by atoms with Crippen LogP contribution < -0.4 is 16.0 Å². The van der Waals surface area contributed by atoms with Crippen LogP contribution in [0.2, 0.25) is 5.15 Å². The number of ether oxygens (including phenoxy) is 1. The Bertz CT molecular complexity index is 677. The molecule has 18 heavy (non-hydrogen) atoms. The number of hydrogen-bond donors (Lipinski definition) is 1. The van der Waals surface area contributed by atoms with Gasteiger partial charge in [-0.1, -0.05) is 11.6 Å². The van der Waals surface area contributed by atoms with Crippen LogP contribution in [0.1, 0.15) is 0 Å². The van der Waals surface area contributed by atoms with Crippen molar-refractivity contribution in [1.82, 2.24) is 9.55 Å². The first kappa shape index (κ1) is 12.4. The molecule has 0 aliphatic rings. The van der Waals surface area contributed by atoms with Gasteiger partial charge in [-0.25, -0.2) is 13.8 Å². The van der Waals surface area contributed by atoms with Gasteiger partial charge in [0, 0.05) is 12.1 Å². The molecule has 0 saturated carbocycles. The molecule has 1 heterocycles. The van der Waals surface area contributed by atoms with E-state index in [1.165, 1.54) is 19.2 Å². The number of benzene rings is 1. The van der Waals surface area contributed by atoms with E-state index in [1.54, 1.807) is 0 Å². The molecule has 0 fully saturated rings. The second-order valence-electron chi connectivity index (χ2n) is 3.41. The molecule has 1 N–H and O–H groups in total. The lowest BCUT2D eigenvalue weighted by atomic mass is 10.3. The Kier molecular flexibility index (Phi) is 3.20. The Morgan fingerprint density at radius 3 is 2.67 bits per heavy atom. The van der Waals surface area contributed by atoms with E-state index >= 15 is 0 Å². The van der Waals surface area contributed by atoms with E-state index in [1.807, 2.05) is 0 Å². The van der Waals surface area contributed by atoms with Crippen LogP contribution >= 0.6 is 11.6 Å². The summed E-state index contributed by atoms with van der Waals surface area (Å²) in [4.78, 5) is 25.6. The van der Waals surface area contributed by atoms with Crippen LogP contribution in [0.5, 0.6) is 5.75 Å². The van der Waals surface area contributed by atoms with E-state index in [9.17, 15) is 14.0 Å². The summed E-state index contributed by atoms with van der Waals surface area (Å²) >= 11 is 5.54. The molecule has 0 atom stereocenters. The third kappa shape index (κ3) is 2.14. The van der Waals surface area contributed by atoms with Crippen LogP contribution in [-0.2, 0) is 0 Å². The molecule has 2 rings (SSSR count). The van der Waals surface area contributed by atoms with Crippen LogP contribution in [0.4, 0.5) is 4.39 Å². The van der Waals surface area contributed by atoms with Gasteiger partial charge in [-0.05, 0) is 12.1 Å². The lowest BCUT2D eigenvalue weighted by Crippen LogP contribution is -2.32. The van der Waals surface area contributed by atoms with Crippen molar-refractivity contribution < 1.29 is 9.13 Å². The van der Waals surface area contributed by atoms with Gasteiger partial charge in [0.25, 0.3) is 5.56 Å². The van der Waals surface area contributed by atoms with E-state index in [0.29, 0.717) is 0 Å². The average molecular weight is 271 g/mol. The fraction of sp³-hybridized carbons (Fsp3) is 0.0909. The van der Waals surface area contributed by atoms with Gasteiger partial charge in [-0.2, -0.15) is 0 Å². The summed E-state index contributed by atoms with van der Waals surface area (Å²) in [5, 5.41) is -0.0599. The van der Waals surface area contributed by atoms with Crippen molar-refractivity contribution in [2.45, 2.75) is 0 Å². The second-order valence-corrected chi connectivity index (χ2v) is 3.82. The van der Waals surface area contributed by atoms with Crippen molar-refractivity contribution in [3.63, 3.8) is 0 Å². The zero-order valence-corrected chi connectivity index (χ0v) is 9.99. The number of aromatic nitrogens is 2. The van der Waals surface area contributed by atoms with Gasteiger partial charge in [-0.15, -0.1) is 0 Å². The topological polar surface area (TPSA) is 64.1 Å². The molecule has 0 unspecified atom stereocenters. The molecule has 0 radical (unpaired) electrons. The predicted molar refractivity (Wildman–Crippen MR) is 64.2 cm³/mol. The molecule has 2 aromatic rings. The predicted octanol–water partition coefficient (Wildman–Crippen LogP) is 1.33. The number of methoxy groups -OCH3 is 1. The molecule has 94 valence electrons. The summed E-state index contributed by atoms with van der Waals surface area (Å²) in [5.41, 5.74) is -1.13. The highest BCUT2D eigenvalue weighted by molar-refractivity contribution is 6.29. The van der Waals surface area contributed by atoms with Crippen molar-refractivity contribution in [1.29, 1.82) is 0 Å². The Hall–Kier alpha value is -2.08. The summed E-state index contributed by atoms with van der Waals surface area (Å²) < 4.78 is 18.8. The molecule has 0 aliphatic carbocycles. The minimum absolute atomic E-state index is 0.0599. The number of hydrogen-bond acceptors (Lipinski definition) is 3. The number of H-pyrrole nitrogens is 1. The quantitative estimate of drug-likeness (QED) is 0.837. The minimum atomic E-state index is -0.707. The SMILES string of the molecule is COc1cc(-n2c(=O)cc(Cl)[nH]c2=O)ccc1F. The molecule has 0 bridgehead atoms. The molecule has 7 heteroatoms. The third-order valence-corrected chi connectivity index (χ3v) is 2.50. The third-order valence-electron chi connectivity index (χ3n) is 2.29. The maximum absolute atomic E-state index is 13.2. The molecular formula is C11H8ClFN2O3. The first-order chi connectivity index (χ1) is 8.52. The molecule has 1 aromatic heterocycles. The maximum Gasteiger partial charge on any atom is 0.334 e. The van der Waals surface area contributed by atoms with Gasteiger partial charge < -0.3 is 4.74 Å². The molecule has 0 aliphatic heterocycles. The first-order valence-corrected chi connectivity index (χ1v) is 5.26. The summed E-state index contributed by atoms with van der Waals surface area (Å²) in [6, 6.07) is 4.70. The average Bonchev–Trinajstić information content (AvgIpc) is 2.30. The van der Waals surface area contributed by atoms with Crippen LogP contribution in [0.3, 0.4) is 0 Å². The van der Waals surface area contributed by atoms with Crippen molar-refractivity contribution in [3.05, 3.63) is 56.1 Å². The molecule has 0 saturated heterocycles. The summed E-state index contributed by atoms with van der Waals surface area (Å²) in [7, 11) is 1.29. The van der Waals surface area contributed by atoms with Crippen LogP contribution in [-0.4, -0.2) is 16.7 Å². The largest absolute Gasteiger partial charge is 0.494 e. The molecular weight excluding hydrogens is 263 g/mol. The van der Waals surface area contributed by atoms with Gasteiger partial charge in [0.05, 0.1) is 12.8 Å². The first-order valence-electron chi connectivity index (χ1n) is 4.88. The fourth-order valence-corrected chi connectivity index (χ4v) is 1.67. The van der Waals surface area contributed by atoms with Gasteiger partial charge in [0.1, 0.15) is 5.15 Å². The van der Waals surface area contributed by atoms with Gasteiger partial charge >= 0.3 is 5.69 Å². The Morgan fingerprint density at radius 1 is 1.33 bits per heavy atom. The van der Waals surface area contributed by atoms with Crippen molar-refractivity contribution >= 4 is 11.6 Å². The minimum Gasteiger partial charge on any atom is -0.494 e. The second kappa shape index (κ2) is 4.66. The zero-order valence-electron chi connectivity index (χ0n) is 9.24. The normalized spacial score (nSPS) is 10.4. The van der Waals surface area contributed by atoms with Crippen molar-refractivity contribution in [3.8, 4) is 11.4 Å². The molecule has 0 spiro atoms. The van der Waals surface area contributed by atoms with E-state index < -0.39 is 17.1 Å². The van der Waals surface area contributed by atoms with Gasteiger partial charge in [0.15, 0.2) is 11.6 Å². The smallest absolute Gasteiger partial charge is 0.334 e. The maximum atomic E-state index is 13.2.